The van der Waals surface area contributed by atoms with Gasteiger partial charge in [-0.1, -0.05) is 13.0 Å². The van der Waals surface area contributed by atoms with E-state index in [1.165, 1.54) is 12.0 Å². The fourth-order valence-electron chi connectivity index (χ4n) is 2.06. The predicted molar refractivity (Wildman–Crippen MR) is 80.2 cm³/mol. The smallest absolute Gasteiger partial charge is 0.0982 e. The summed E-state index contributed by atoms with van der Waals surface area (Å²) in [7, 11) is 1.15. The van der Waals surface area contributed by atoms with Gasteiger partial charge in [-0.05, 0) is 43.6 Å². The van der Waals surface area contributed by atoms with E-state index in [0.29, 0.717) is 5.88 Å². The molecule has 1 N–H and O–H groups in total. The summed E-state index contributed by atoms with van der Waals surface area (Å²) in [6.07, 6.45) is 2.17. The van der Waals surface area contributed by atoms with Gasteiger partial charge in [0.2, 0.25) is 0 Å². The summed E-state index contributed by atoms with van der Waals surface area (Å²) >= 11 is 0. The summed E-state index contributed by atoms with van der Waals surface area (Å²) in [5.74, 6) is 0.632. The molecule has 0 saturated carbocycles. The van der Waals surface area contributed by atoms with Gasteiger partial charge in [0.25, 0.3) is 0 Å². The minimum atomic E-state index is -0.842. The molecule has 1 aliphatic rings. The Labute approximate surface area is 118 Å². The van der Waals surface area contributed by atoms with Crippen LogP contribution >= 0.6 is 12.4 Å². The van der Waals surface area contributed by atoms with Crippen molar-refractivity contribution in [3.63, 3.8) is 0 Å². The molecular weight excluding hydrogens is 268 g/mol. The van der Waals surface area contributed by atoms with Crippen molar-refractivity contribution in [3.8, 4) is 0 Å². The van der Waals surface area contributed by atoms with Gasteiger partial charge in [0.05, 0.1) is 27.3 Å². The second-order valence-corrected chi connectivity index (χ2v) is 5.86. The lowest BCUT2D eigenvalue weighted by Gasteiger charge is -2.10. The van der Waals surface area contributed by atoms with Crippen LogP contribution in [0.4, 0.5) is 5.69 Å². The Morgan fingerprint density at radius 3 is 2.89 bits per heavy atom. The van der Waals surface area contributed by atoms with E-state index >= 15 is 0 Å². The number of nitrogens with zero attached hydrogens (tertiary/aromatic N) is 1. The average molecular weight is 289 g/mol. The molecule has 0 bridgehead atoms. The first kappa shape index (κ1) is 15.5. The first-order valence-corrected chi connectivity index (χ1v) is 7.47. The Balaban J connectivity index is 0.00000162. The van der Waals surface area contributed by atoms with Crippen molar-refractivity contribution in [2.24, 2.45) is 0 Å². The molecule has 1 aromatic rings. The summed E-state index contributed by atoms with van der Waals surface area (Å²) in [5.41, 5.74) is 2.39. The molecular formula is C13H21ClN2OS. The molecule has 102 valence electrons. The third-order valence-corrected chi connectivity index (χ3v) is 4.45. The molecule has 18 heavy (non-hydrogen) atoms. The molecule has 0 aromatic heterocycles. The first-order chi connectivity index (χ1) is 8.22. The number of fused-ring (bicyclic) bond motifs is 1. The van der Waals surface area contributed by atoms with Gasteiger partial charge in [-0.3, -0.25) is 4.21 Å². The van der Waals surface area contributed by atoms with Crippen LogP contribution in [-0.4, -0.2) is 30.2 Å². The SMILES string of the molecule is CCCNCCc1ccc2c(c1)S(=O)CN2C.Cl. The van der Waals surface area contributed by atoms with Gasteiger partial charge < -0.3 is 10.2 Å². The number of nitrogens with one attached hydrogen (secondary N) is 1. The van der Waals surface area contributed by atoms with E-state index in [4.69, 9.17) is 0 Å². The van der Waals surface area contributed by atoms with Crippen molar-refractivity contribution >= 4 is 28.9 Å². The zero-order valence-corrected chi connectivity index (χ0v) is 12.6. The Kier molecular flexibility index (Phi) is 6.12. The Hall–Kier alpha value is -0.580. The Morgan fingerprint density at radius 2 is 2.17 bits per heavy atom. The monoisotopic (exact) mass is 288 g/mol. The van der Waals surface area contributed by atoms with Crippen LogP contribution in [0.3, 0.4) is 0 Å². The molecule has 0 fully saturated rings. The van der Waals surface area contributed by atoms with Gasteiger partial charge >= 0.3 is 0 Å². The number of hydrogen-bond donors (Lipinski definition) is 1. The van der Waals surface area contributed by atoms with E-state index in [-0.39, 0.29) is 12.4 Å². The Bertz CT molecular complexity index is 425. The van der Waals surface area contributed by atoms with Gasteiger partial charge in [0.15, 0.2) is 0 Å². The van der Waals surface area contributed by atoms with Crippen molar-refractivity contribution in [2.75, 3.05) is 30.9 Å². The molecule has 5 heteroatoms. The standard InChI is InChI=1S/C13H20N2OS.ClH/c1-3-7-14-8-6-11-4-5-12-13(9-11)17(16)10-15(12)2;/h4-5,9,14H,3,6-8,10H2,1-2H3;1H. The number of halogens is 1. The second kappa shape index (κ2) is 7.12. The molecule has 0 radical (unpaired) electrons. The van der Waals surface area contributed by atoms with Crippen LogP contribution in [0.5, 0.6) is 0 Å². The molecule has 0 aliphatic carbocycles. The van der Waals surface area contributed by atoms with Crippen LogP contribution < -0.4 is 10.2 Å². The van der Waals surface area contributed by atoms with E-state index in [1.54, 1.807) is 0 Å². The molecule has 1 atom stereocenters. The lowest BCUT2D eigenvalue weighted by molar-refractivity contribution is 0.670. The molecule has 1 heterocycles. The molecule has 1 aromatic carbocycles. The fraction of sp³-hybridized carbons (Fsp3) is 0.538. The normalized spacial score (nSPS) is 17.4. The molecule has 0 saturated heterocycles. The van der Waals surface area contributed by atoms with E-state index in [0.717, 1.165) is 30.1 Å². The zero-order chi connectivity index (χ0) is 12.3. The highest BCUT2D eigenvalue weighted by atomic mass is 35.5. The van der Waals surface area contributed by atoms with Crippen molar-refractivity contribution in [1.29, 1.82) is 0 Å². The first-order valence-electron chi connectivity index (χ1n) is 6.15. The lowest BCUT2D eigenvalue weighted by Crippen LogP contribution is -2.17. The third-order valence-electron chi connectivity index (χ3n) is 3.01. The largest absolute Gasteiger partial charge is 0.361 e. The quantitative estimate of drug-likeness (QED) is 0.843. The highest BCUT2D eigenvalue weighted by Gasteiger charge is 2.22. The van der Waals surface area contributed by atoms with E-state index in [9.17, 15) is 4.21 Å². The summed E-state index contributed by atoms with van der Waals surface area (Å²) < 4.78 is 11.9. The van der Waals surface area contributed by atoms with Crippen molar-refractivity contribution in [2.45, 2.75) is 24.7 Å². The summed E-state index contributed by atoms with van der Waals surface area (Å²) in [5, 5.41) is 3.38. The van der Waals surface area contributed by atoms with Crippen LogP contribution in [0, 0.1) is 0 Å². The van der Waals surface area contributed by atoms with Gasteiger partial charge in [-0.15, -0.1) is 12.4 Å². The number of anilines is 1. The number of benzene rings is 1. The predicted octanol–water partition coefficient (Wildman–Crippen LogP) is 2.17. The second-order valence-electron chi connectivity index (χ2n) is 4.47. The zero-order valence-electron chi connectivity index (χ0n) is 10.9. The Morgan fingerprint density at radius 1 is 1.39 bits per heavy atom. The average Bonchev–Trinajstić information content (AvgIpc) is 2.61. The van der Waals surface area contributed by atoms with E-state index in [2.05, 4.69) is 35.3 Å². The van der Waals surface area contributed by atoms with Crippen molar-refractivity contribution in [1.82, 2.24) is 5.32 Å². The maximum absolute atomic E-state index is 11.9. The maximum Gasteiger partial charge on any atom is 0.0982 e. The van der Waals surface area contributed by atoms with E-state index < -0.39 is 10.8 Å². The minimum Gasteiger partial charge on any atom is -0.361 e. The highest BCUT2D eigenvalue weighted by molar-refractivity contribution is 7.85. The van der Waals surface area contributed by atoms with Gasteiger partial charge in [-0.25, -0.2) is 0 Å². The molecule has 3 nitrogen and oxygen atoms in total. The lowest BCUT2D eigenvalue weighted by atomic mass is 10.1. The fourth-order valence-corrected chi connectivity index (χ4v) is 3.43. The van der Waals surface area contributed by atoms with Crippen LogP contribution in [-0.2, 0) is 17.2 Å². The van der Waals surface area contributed by atoms with Crippen LogP contribution in [0.25, 0.3) is 0 Å². The van der Waals surface area contributed by atoms with Crippen LogP contribution in [0.2, 0.25) is 0 Å². The van der Waals surface area contributed by atoms with Crippen LogP contribution in [0.1, 0.15) is 18.9 Å². The molecule has 1 aliphatic heterocycles. The van der Waals surface area contributed by atoms with Gasteiger partial charge in [-0.2, -0.15) is 0 Å². The molecule has 0 amide bonds. The van der Waals surface area contributed by atoms with Gasteiger partial charge in [0, 0.05) is 7.05 Å². The van der Waals surface area contributed by atoms with Crippen LogP contribution in [0.15, 0.2) is 23.1 Å². The summed E-state index contributed by atoms with van der Waals surface area (Å²) in [6.45, 7) is 4.23. The molecule has 1 unspecified atom stereocenters. The molecule has 2 rings (SSSR count). The third kappa shape index (κ3) is 3.46. The minimum absolute atomic E-state index is 0. The summed E-state index contributed by atoms with van der Waals surface area (Å²) in [4.78, 5) is 3.06. The number of hydrogen-bond acceptors (Lipinski definition) is 3. The highest BCUT2D eigenvalue weighted by Crippen LogP contribution is 2.30. The number of rotatable bonds is 5. The van der Waals surface area contributed by atoms with Crippen molar-refractivity contribution in [3.05, 3.63) is 23.8 Å². The molecule has 0 spiro atoms. The summed E-state index contributed by atoms with van der Waals surface area (Å²) in [6, 6.07) is 6.34. The van der Waals surface area contributed by atoms with Crippen molar-refractivity contribution < 1.29 is 4.21 Å². The topological polar surface area (TPSA) is 32.3 Å². The van der Waals surface area contributed by atoms with Gasteiger partial charge in [0.1, 0.15) is 0 Å². The maximum atomic E-state index is 11.9. The van der Waals surface area contributed by atoms with E-state index in [1.807, 2.05) is 7.05 Å².